The molecular formula is C14H15ClN4OS. The molecule has 7 heteroatoms. The molecule has 0 N–H and O–H groups in total. The maximum absolute atomic E-state index is 5.89. The molecule has 0 aromatic carbocycles. The van der Waals surface area contributed by atoms with E-state index in [-0.39, 0.29) is 0 Å². The summed E-state index contributed by atoms with van der Waals surface area (Å²) in [6.07, 6.45) is 3.16. The van der Waals surface area contributed by atoms with E-state index in [0.29, 0.717) is 23.7 Å². The van der Waals surface area contributed by atoms with Crippen molar-refractivity contribution in [2.45, 2.75) is 19.4 Å². The van der Waals surface area contributed by atoms with E-state index in [1.54, 1.807) is 18.4 Å². The summed E-state index contributed by atoms with van der Waals surface area (Å²) in [5.41, 5.74) is 1.50. The molecule has 21 heavy (non-hydrogen) atoms. The standard InChI is InChI=1S/C14H15ClN4OS/c1-20-14-12-13(16-9-17-14)19(11(18-12)4-6-15)7-5-10-3-2-8-21-10/h2-3,8-9H,4-7H2,1H3. The lowest BCUT2D eigenvalue weighted by Crippen LogP contribution is -2.07. The zero-order chi connectivity index (χ0) is 14.7. The molecule has 0 bridgehead atoms. The fourth-order valence-corrected chi connectivity index (χ4v) is 3.16. The Bertz CT molecular complexity index is 726. The van der Waals surface area contributed by atoms with Crippen molar-refractivity contribution in [3.63, 3.8) is 0 Å². The van der Waals surface area contributed by atoms with Crippen LogP contribution in [0.2, 0.25) is 0 Å². The quantitative estimate of drug-likeness (QED) is 0.655. The van der Waals surface area contributed by atoms with Crippen molar-refractivity contribution in [1.82, 2.24) is 19.5 Å². The Morgan fingerprint density at radius 1 is 1.33 bits per heavy atom. The molecule has 0 radical (unpaired) electrons. The third-order valence-electron chi connectivity index (χ3n) is 3.25. The predicted octanol–water partition coefficient (Wildman–Crippen LogP) is 2.92. The second-order valence-electron chi connectivity index (χ2n) is 4.50. The molecule has 5 nitrogen and oxygen atoms in total. The number of rotatable bonds is 6. The highest BCUT2D eigenvalue weighted by Crippen LogP contribution is 2.23. The lowest BCUT2D eigenvalue weighted by atomic mass is 10.3. The fraction of sp³-hybridized carbons (Fsp3) is 0.357. The molecule has 0 unspecified atom stereocenters. The van der Waals surface area contributed by atoms with E-state index in [4.69, 9.17) is 16.3 Å². The van der Waals surface area contributed by atoms with Crippen molar-refractivity contribution in [1.29, 1.82) is 0 Å². The monoisotopic (exact) mass is 322 g/mol. The molecule has 0 fully saturated rings. The molecule has 0 spiro atoms. The van der Waals surface area contributed by atoms with E-state index in [1.165, 1.54) is 11.2 Å². The molecule has 3 rings (SSSR count). The maximum atomic E-state index is 5.89. The van der Waals surface area contributed by atoms with Gasteiger partial charge in [-0.1, -0.05) is 6.07 Å². The normalized spacial score (nSPS) is 11.1. The van der Waals surface area contributed by atoms with Crippen LogP contribution in [0.5, 0.6) is 5.88 Å². The van der Waals surface area contributed by atoms with Crippen LogP contribution in [0, 0.1) is 0 Å². The van der Waals surface area contributed by atoms with Gasteiger partial charge in [-0.2, -0.15) is 4.98 Å². The van der Waals surface area contributed by atoms with Crippen LogP contribution in [0.25, 0.3) is 11.2 Å². The number of fused-ring (bicyclic) bond motifs is 1. The van der Waals surface area contributed by atoms with Gasteiger partial charge in [0, 0.05) is 23.7 Å². The Kier molecular flexibility index (Phi) is 4.36. The number of hydrogen-bond acceptors (Lipinski definition) is 5. The highest BCUT2D eigenvalue weighted by Gasteiger charge is 2.16. The van der Waals surface area contributed by atoms with Gasteiger partial charge in [0.05, 0.1) is 7.11 Å². The summed E-state index contributed by atoms with van der Waals surface area (Å²) in [7, 11) is 1.59. The Hall–Kier alpha value is -1.66. The second kappa shape index (κ2) is 6.41. The lowest BCUT2D eigenvalue weighted by Gasteiger charge is -2.07. The third kappa shape index (κ3) is 2.87. The van der Waals surface area contributed by atoms with Gasteiger partial charge >= 0.3 is 0 Å². The van der Waals surface area contributed by atoms with Crippen LogP contribution >= 0.6 is 22.9 Å². The molecule has 0 amide bonds. The molecule has 3 heterocycles. The van der Waals surface area contributed by atoms with Crippen molar-refractivity contribution in [3.8, 4) is 5.88 Å². The summed E-state index contributed by atoms with van der Waals surface area (Å²) in [6.45, 7) is 0.823. The summed E-state index contributed by atoms with van der Waals surface area (Å²) in [5.74, 6) is 1.96. The van der Waals surface area contributed by atoms with Crippen LogP contribution in [-0.2, 0) is 19.4 Å². The van der Waals surface area contributed by atoms with Crippen LogP contribution in [0.15, 0.2) is 23.8 Å². The SMILES string of the molecule is COc1ncnc2c1nc(CCCl)n2CCc1cccs1. The summed E-state index contributed by atoms with van der Waals surface area (Å²) in [4.78, 5) is 14.4. The third-order valence-corrected chi connectivity index (χ3v) is 4.38. The second-order valence-corrected chi connectivity index (χ2v) is 5.91. The van der Waals surface area contributed by atoms with Crippen LogP contribution < -0.4 is 4.74 Å². The van der Waals surface area contributed by atoms with Crippen molar-refractivity contribution in [2.75, 3.05) is 13.0 Å². The first-order valence-electron chi connectivity index (χ1n) is 6.66. The number of hydrogen-bond donors (Lipinski definition) is 0. The lowest BCUT2D eigenvalue weighted by molar-refractivity contribution is 0.401. The van der Waals surface area contributed by atoms with Crippen molar-refractivity contribution < 1.29 is 4.74 Å². The van der Waals surface area contributed by atoms with E-state index in [1.807, 2.05) is 0 Å². The Morgan fingerprint density at radius 2 is 2.24 bits per heavy atom. The van der Waals surface area contributed by atoms with E-state index < -0.39 is 0 Å². The van der Waals surface area contributed by atoms with Crippen LogP contribution in [0.1, 0.15) is 10.7 Å². The topological polar surface area (TPSA) is 52.8 Å². The van der Waals surface area contributed by atoms with E-state index in [9.17, 15) is 0 Å². The van der Waals surface area contributed by atoms with Gasteiger partial charge in [0.2, 0.25) is 5.88 Å². The fourth-order valence-electron chi connectivity index (χ4n) is 2.30. The smallest absolute Gasteiger partial charge is 0.245 e. The first-order valence-corrected chi connectivity index (χ1v) is 8.07. The van der Waals surface area contributed by atoms with Crippen molar-refractivity contribution >= 4 is 34.1 Å². The highest BCUT2D eigenvalue weighted by atomic mass is 35.5. The number of imidazole rings is 1. The summed E-state index contributed by atoms with van der Waals surface area (Å²) >= 11 is 7.65. The molecular weight excluding hydrogens is 308 g/mol. The molecule has 3 aromatic rings. The molecule has 0 saturated carbocycles. The van der Waals surface area contributed by atoms with Crippen LogP contribution in [0.4, 0.5) is 0 Å². The van der Waals surface area contributed by atoms with Gasteiger partial charge < -0.3 is 9.30 Å². The molecule has 0 aliphatic heterocycles. The van der Waals surface area contributed by atoms with Gasteiger partial charge in [-0.15, -0.1) is 22.9 Å². The zero-order valence-corrected chi connectivity index (χ0v) is 13.2. The average Bonchev–Trinajstić information content (AvgIpc) is 3.12. The number of thiophene rings is 1. The van der Waals surface area contributed by atoms with Gasteiger partial charge in [-0.3, -0.25) is 0 Å². The van der Waals surface area contributed by atoms with E-state index in [2.05, 4.69) is 37.0 Å². The number of nitrogens with zero attached hydrogens (tertiary/aromatic N) is 4. The number of halogens is 1. The first kappa shape index (κ1) is 14.3. The van der Waals surface area contributed by atoms with Gasteiger partial charge in [0.25, 0.3) is 0 Å². The van der Waals surface area contributed by atoms with Crippen molar-refractivity contribution in [2.24, 2.45) is 0 Å². The molecule has 3 aromatic heterocycles. The summed E-state index contributed by atoms with van der Waals surface area (Å²) < 4.78 is 7.38. The van der Waals surface area contributed by atoms with Gasteiger partial charge in [0.1, 0.15) is 12.2 Å². The number of aromatic nitrogens is 4. The van der Waals surface area contributed by atoms with Gasteiger partial charge in [0.15, 0.2) is 11.2 Å². The average molecular weight is 323 g/mol. The predicted molar refractivity (Wildman–Crippen MR) is 84.3 cm³/mol. The molecule has 110 valence electrons. The Balaban J connectivity index is 1.99. The first-order chi connectivity index (χ1) is 10.3. The van der Waals surface area contributed by atoms with Gasteiger partial charge in [-0.25, -0.2) is 9.97 Å². The number of aryl methyl sites for hydroxylation is 3. The Labute approximate surface area is 131 Å². The molecule has 0 aliphatic carbocycles. The van der Waals surface area contributed by atoms with Crippen molar-refractivity contribution in [3.05, 3.63) is 34.5 Å². The van der Waals surface area contributed by atoms with Gasteiger partial charge in [-0.05, 0) is 17.9 Å². The minimum Gasteiger partial charge on any atom is -0.479 e. The molecule has 0 aliphatic rings. The maximum Gasteiger partial charge on any atom is 0.245 e. The largest absolute Gasteiger partial charge is 0.479 e. The minimum absolute atomic E-state index is 0.505. The number of methoxy groups -OCH3 is 1. The molecule has 0 atom stereocenters. The van der Waals surface area contributed by atoms with Crippen LogP contribution in [0.3, 0.4) is 0 Å². The zero-order valence-electron chi connectivity index (χ0n) is 11.6. The van der Waals surface area contributed by atoms with E-state index >= 15 is 0 Å². The minimum atomic E-state index is 0.505. The van der Waals surface area contributed by atoms with E-state index in [0.717, 1.165) is 24.4 Å². The summed E-state index contributed by atoms with van der Waals surface area (Å²) in [6, 6.07) is 4.21. The van der Waals surface area contributed by atoms with Crippen LogP contribution in [-0.4, -0.2) is 32.5 Å². The Morgan fingerprint density at radius 3 is 2.95 bits per heavy atom. The highest BCUT2D eigenvalue weighted by molar-refractivity contribution is 7.09. The number of alkyl halides is 1. The number of ether oxygens (including phenoxy) is 1. The summed E-state index contributed by atoms with van der Waals surface area (Å²) in [5, 5.41) is 2.09. The molecule has 0 saturated heterocycles.